The lowest BCUT2D eigenvalue weighted by atomic mass is 10.2. The van der Waals surface area contributed by atoms with E-state index in [0.717, 1.165) is 44.4 Å². The number of hydrogen-bond donors (Lipinski definition) is 0. The van der Waals surface area contributed by atoms with Gasteiger partial charge in [-0.25, -0.2) is 0 Å². The van der Waals surface area contributed by atoms with Crippen LogP contribution in [0.2, 0.25) is 10.0 Å². The lowest BCUT2D eigenvalue weighted by molar-refractivity contribution is -0.123. The predicted molar refractivity (Wildman–Crippen MR) is 131 cm³/mol. The van der Waals surface area contributed by atoms with Crippen LogP contribution < -0.4 is 0 Å². The number of aromatic nitrogens is 1. The van der Waals surface area contributed by atoms with E-state index in [-0.39, 0.29) is 17.7 Å². The van der Waals surface area contributed by atoms with E-state index in [1.165, 1.54) is 4.90 Å². The van der Waals surface area contributed by atoms with Gasteiger partial charge in [-0.15, -0.1) is 0 Å². The molecule has 4 nitrogen and oxygen atoms in total. The molecule has 1 aliphatic rings. The predicted octanol–water partition coefficient (Wildman–Crippen LogP) is 7.40. The van der Waals surface area contributed by atoms with Crippen molar-refractivity contribution in [1.82, 2.24) is 9.47 Å². The van der Waals surface area contributed by atoms with E-state index < -0.39 is 0 Å². The smallest absolute Gasteiger partial charge is 0.293 e. The Morgan fingerprint density at radius 2 is 1.81 bits per heavy atom. The number of carbonyl (C=O) groups is 2. The van der Waals surface area contributed by atoms with Gasteiger partial charge in [-0.2, -0.15) is 0 Å². The van der Waals surface area contributed by atoms with Gasteiger partial charge in [-0.1, -0.05) is 51.3 Å². The Labute approximate surface area is 203 Å². The molecular weight excluding hydrogens is 519 g/mol. The van der Waals surface area contributed by atoms with E-state index >= 15 is 0 Å². The number of carbonyl (C=O) groups excluding carboxylic acids is 2. The van der Waals surface area contributed by atoms with E-state index in [4.69, 9.17) is 23.2 Å². The first-order chi connectivity index (χ1) is 14.7. The van der Waals surface area contributed by atoms with Crippen molar-refractivity contribution in [3.8, 4) is 5.69 Å². The van der Waals surface area contributed by atoms with Crippen molar-refractivity contribution in [2.24, 2.45) is 0 Å². The van der Waals surface area contributed by atoms with Gasteiger partial charge in [0.15, 0.2) is 0 Å². The molecule has 0 N–H and O–H groups in total. The number of hydrogen-bond acceptors (Lipinski definition) is 3. The van der Waals surface area contributed by atoms with Gasteiger partial charge < -0.3 is 4.57 Å². The van der Waals surface area contributed by atoms with Crippen LogP contribution in [0.15, 0.2) is 57.9 Å². The molecule has 1 aliphatic heterocycles. The molecule has 0 aliphatic carbocycles. The van der Waals surface area contributed by atoms with Crippen LogP contribution in [0.4, 0.5) is 4.79 Å². The van der Waals surface area contributed by atoms with E-state index in [9.17, 15) is 9.59 Å². The second-order valence-electron chi connectivity index (χ2n) is 7.16. The Morgan fingerprint density at radius 3 is 2.52 bits per heavy atom. The number of halogens is 3. The molecular formula is C23H17BrCl2N2O2S. The molecule has 2 amide bonds. The Hall–Kier alpha value is -1.99. The van der Waals surface area contributed by atoms with Crippen LogP contribution in [0, 0.1) is 13.8 Å². The monoisotopic (exact) mass is 534 g/mol. The van der Waals surface area contributed by atoms with Gasteiger partial charge in [-0.3, -0.25) is 14.5 Å². The van der Waals surface area contributed by atoms with E-state index in [2.05, 4.69) is 15.9 Å². The van der Waals surface area contributed by atoms with Gasteiger partial charge in [0.2, 0.25) is 0 Å². The summed E-state index contributed by atoms with van der Waals surface area (Å²) in [5, 5.41) is 0.698. The van der Waals surface area contributed by atoms with Gasteiger partial charge in [0.1, 0.15) is 0 Å². The largest absolute Gasteiger partial charge is 0.318 e. The Balaban J connectivity index is 1.64. The van der Waals surface area contributed by atoms with Crippen molar-refractivity contribution in [3.63, 3.8) is 0 Å². The third-order valence-electron chi connectivity index (χ3n) is 5.02. The zero-order chi connectivity index (χ0) is 22.3. The van der Waals surface area contributed by atoms with Crippen LogP contribution in [-0.2, 0) is 11.3 Å². The topological polar surface area (TPSA) is 42.3 Å². The van der Waals surface area contributed by atoms with E-state index in [1.807, 2.05) is 54.8 Å². The first-order valence-electron chi connectivity index (χ1n) is 9.39. The van der Waals surface area contributed by atoms with Gasteiger partial charge in [0.05, 0.1) is 21.5 Å². The highest BCUT2D eigenvalue weighted by molar-refractivity contribution is 9.10. The standard InChI is InChI=1S/C23H17BrCl2N2O2S/c1-13-8-16(14(2)28(13)18-6-7-19(25)20(26)11-18)10-21-22(29)27(23(30)31-21)12-15-4-3-5-17(24)9-15/h3-11H,12H2,1-2H3/b21-10-. The second-order valence-corrected chi connectivity index (χ2v) is 9.88. The molecule has 0 saturated carbocycles. The van der Waals surface area contributed by atoms with Crippen LogP contribution in [0.5, 0.6) is 0 Å². The minimum Gasteiger partial charge on any atom is -0.318 e. The third-order valence-corrected chi connectivity index (χ3v) is 7.16. The summed E-state index contributed by atoms with van der Waals surface area (Å²) < 4.78 is 2.95. The number of rotatable bonds is 4. The minimum absolute atomic E-state index is 0.240. The lowest BCUT2D eigenvalue weighted by Crippen LogP contribution is -2.27. The molecule has 158 valence electrons. The molecule has 2 aromatic carbocycles. The summed E-state index contributed by atoms with van der Waals surface area (Å²) in [5.41, 5.74) is 4.56. The molecule has 31 heavy (non-hydrogen) atoms. The van der Waals surface area contributed by atoms with E-state index in [1.54, 1.807) is 18.2 Å². The molecule has 0 atom stereocenters. The minimum atomic E-state index is -0.283. The summed E-state index contributed by atoms with van der Waals surface area (Å²) in [6, 6.07) is 15.0. The van der Waals surface area contributed by atoms with Gasteiger partial charge in [-0.05, 0) is 79.2 Å². The quantitative estimate of drug-likeness (QED) is 0.327. The molecule has 2 heterocycles. The third kappa shape index (κ3) is 4.48. The lowest BCUT2D eigenvalue weighted by Gasteiger charge is -2.12. The Morgan fingerprint density at radius 1 is 1.03 bits per heavy atom. The number of benzene rings is 2. The highest BCUT2D eigenvalue weighted by Gasteiger charge is 2.35. The Kier molecular flexibility index (Phi) is 6.35. The normalized spacial score (nSPS) is 15.4. The number of amides is 2. The van der Waals surface area contributed by atoms with Gasteiger partial charge >= 0.3 is 0 Å². The summed E-state index contributed by atoms with van der Waals surface area (Å²) in [5.74, 6) is -0.283. The Bertz CT molecular complexity index is 1250. The first kappa shape index (κ1) is 22.2. The second kappa shape index (κ2) is 8.87. The summed E-state index contributed by atoms with van der Waals surface area (Å²) >= 11 is 16.6. The van der Waals surface area contributed by atoms with Crippen molar-refractivity contribution in [2.75, 3.05) is 0 Å². The van der Waals surface area contributed by atoms with E-state index in [0.29, 0.717) is 15.0 Å². The van der Waals surface area contributed by atoms with Crippen molar-refractivity contribution in [1.29, 1.82) is 0 Å². The van der Waals surface area contributed by atoms with Crippen LogP contribution >= 0.6 is 50.9 Å². The molecule has 3 aromatic rings. The zero-order valence-corrected chi connectivity index (χ0v) is 20.6. The molecule has 0 unspecified atom stereocenters. The highest BCUT2D eigenvalue weighted by Crippen LogP contribution is 2.35. The van der Waals surface area contributed by atoms with Crippen LogP contribution in [0.3, 0.4) is 0 Å². The summed E-state index contributed by atoms with van der Waals surface area (Å²) in [4.78, 5) is 27.1. The SMILES string of the molecule is Cc1cc(/C=C2\SC(=O)N(Cc3cccc(Br)c3)C2=O)c(C)n1-c1ccc(Cl)c(Cl)c1. The molecule has 8 heteroatoms. The van der Waals surface area contributed by atoms with Crippen molar-refractivity contribution >= 4 is 68.1 Å². The van der Waals surface area contributed by atoms with Crippen molar-refractivity contribution < 1.29 is 9.59 Å². The average Bonchev–Trinajstić information content (AvgIpc) is 3.14. The number of nitrogens with zero attached hydrogens (tertiary/aromatic N) is 2. The molecule has 0 bridgehead atoms. The fourth-order valence-electron chi connectivity index (χ4n) is 3.55. The maximum atomic E-state index is 12.9. The molecule has 0 radical (unpaired) electrons. The van der Waals surface area contributed by atoms with Gasteiger partial charge in [0.25, 0.3) is 11.1 Å². The maximum absolute atomic E-state index is 12.9. The number of aryl methyl sites for hydroxylation is 1. The summed E-state index contributed by atoms with van der Waals surface area (Å²) in [6.07, 6.45) is 1.78. The molecule has 1 saturated heterocycles. The van der Waals surface area contributed by atoms with Gasteiger partial charge in [0, 0.05) is 21.5 Å². The number of thioether (sulfide) groups is 1. The maximum Gasteiger partial charge on any atom is 0.293 e. The molecule has 4 rings (SSSR count). The fourth-order valence-corrected chi connectivity index (χ4v) is 5.12. The van der Waals surface area contributed by atoms with Crippen molar-refractivity contribution in [3.05, 3.63) is 90.5 Å². The summed E-state index contributed by atoms with van der Waals surface area (Å²) in [7, 11) is 0. The summed E-state index contributed by atoms with van der Waals surface area (Å²) in [6.45, 7) is 4.18. The molecule has 0 spiro atoms. The van der Waals surface area contributed by atoms with Crippen LogP contribution in [0.25, 0.3) is 11.8 Å². The first-order valence-corrected chi connectivity index (χ1v) is 11.8. The zero-order valence-electron chi connectivity index (χ0n) is 16.7. The van der Waals surface area contributed by atoms with Crippen LogP contribution in [-0.4, -0.2) is 20.6 Å². The average molecular weight is 536 g/mol. The van der Waals surface area contributed by atoms with Crippen molar-refractivity contribution in [2.45, 2.75) is 20.4 Å². The fraction of sp³-hybridized carbons (Fsp3) is 0.130. The van der Waals surface area contributed by atoms with Crippen LogP contribution in [0.1, 0.15) is 22.5 Å². The molecule has 1 fully saturated rings. The highest BCUT2D eigenvalue weighted by atomic mass is 79.9. The number of imide groups is 1. The molecule has 1 aromatic heterocycles.